The fraction of sp³-hybridized carbons (Fsp3) is 0.300. The predicted octanol–water partition coefficient (Wildman–Crippen LogP) is 3.07. The van der Waals surface area contributed by atoms with Crippen LogP contribution in [0.5, 0.6) is 0 Å². The van der Waals surface area contributed by atoms with Gasteiger partial charge in [-0.25, -0.2) is 0 Å². The van der Waals surface area contributed by atoms with Crippen LogP contribution in [0.15, 0.2) is 54.6 Å². The summed E-state index contributed by atoms with van der Waals surface area (Å²) < 4.78 is 0. The van der Waals surface area contributed by atoms with Crippen LogP contribution in [-0.4, -0.2) is 36.0 Å². The van der Waals surface area contributed by atoms with E-state index in [1.807, 2.05) is 49.3 Å². The lowest BCUT2D eigenvalue weighted by molar-refractivity contribution is 0.298. The van der Waals surface area contributed by atoms with Crippen molar-refractivity contribution in [3.8, 4) is 11.8 Å². The van der Waals surface area contributed by atoms with E-state index in [2.05, 4.69) is 34.1 Å². The van der Waals surface area contributed by atoms with Crippen LogP contribution in [0.25, 0.3) is 0 Å². The first kappa shape index (κ1) is 16.6. The molecule has 0 unspecified atom stereocenters. The van der Waals surface area contributed by atoms with Crippen LogP contribution < -0.4 is 5.32 Å². The van der Waals surface area contributed by atoms with Gasteiger partial charge in [0.1, 0.15) is 0 Å². The standard InChI is InChI=1S/C20H23BN2O/c1-21(24)23-15-13-19(14-16-23)22-20-10-6-5-9-18(20)12-11-17-7-3-2-4-8-17/h2-10,19,22,24H,13-16H2,1H3. The molecule has 0 saturated carbocycles. The second-order valence-corrected chi connectivity index (χ2v) is 6.25. The summed E-state index contributed by atoms with van der Waals surface area (Å²) in [6, 6.07) is 18.7. The van der Waals surface area contributed by atoms with Crippen molar-refractivity contribution in [2.24, 2.45) is 0 Å². The Balaban J connectivity index is 1.68. The van der Waals surface area contributed by atoms with E-state index in [0.717, 1.165) is 42.7 Å². The minimum absolute atomic E-state index is 0.352. The number of benzene rings is 2. The molecule has 24 heavy (non-hydrogen) atoms. The third-order valence-electron chi connectivity index (χ3n) is 4.46. The van der Waals surface area contributed by atoms with Gasteiger partial charge in [0.15, 0.2) is 0 Å². The van der Waals surface area contributed by atoms with E-state index < -0.39 is 0 Å². The van der Waals surface area contributed by atoms with Crippen LogP contribution >= 0.6 is 0 Å². The van der Waals surface area contributed by atoms with E-state index in [9.17, 15) is 5.02 Å². The first-order valence-electron chi connectivity index (χ1n) is 8.57. The van der Waals surface area contributed by atoms with Crippen LogP contribution in [0, 0.1) is 11.8 Å². The van der Waals surface area contributed by atoms with Gasteiger partial charge >= 0.3 is 7.05 Å². The number of hydrogen-bond acceptors (Lipinski definition) is 3. The summed E-state index contributed by atoms with van der Waals surface area (Å²) in [6.45, 7) is 3.68. The lowest BCUT2D eigenvalue weighted by Gasteiger charge is -2.33. The molecule has 0 bridgehead atoms. The first-order chi connectivity index (χ1) is 11.7. The summed E-state index contributed by atoms with van der Waals surface area (Å²) >= 11 is 0. The molecule has 0 atom stereocenters. The zero-order chi connectivity index (χ0) is 16.8. The predicted molar refractivity (Wildman–Crippen MR) is 101 cm³/mol. The molecule has 0 radical (unpaired) electrons. The highest BCUT2D eigenvalue weighted by molar-refractivity contribution is 6.45. The Bertz CT molecular complexity index is 713. The third kappa shape index (κ3) is 4.41. The molecule has 3 nitrogen and oxygen atoms in total. The van der Waals surface area contributed by atoms with Crippen molar-refractivity contribution in [3.05, 3.63) is 65.7 Å². The molecule has 4 heteroatoms. The molecule has 3 rings (SSSR count). The Labute approximate surface area is 144 Å². The summed E-state index contributed by atoms with van der Waals surface area (Å²) in [6.07, 6.45) is 2.07. The minimum atomic E-state index is -0.352. The number of para-hydroxylation sites is 1. The minimum Gasteiger partial charge on any atom is -0.437 e. The second-order valence-electron chi connectivity index (χ2n) is 6.25. The molecule has 2 N–H and O–H groups in total. The normalized spacial score (nSPS) is 15.4. The van der Waals surface area contributed by atoms with E-state index in [1.54, 1.807) is 0 Å². The summed E-state index contributed by atoms with van der Waals surface area (Å²) in [7, 11) is -0.352. The van der Waals surface area contributed by atoms with Gasteiger partial charge in [-0.15, -0.1) is 0 Å². The molecule has 0 amide bonds. The van der Waals surface area contributed by atoms with Crippen molar-refractivity contribution in [2.75, 3.05) is 18.4 Å². The Morgan fingerprint density at radius 2 is 1.67 bits per heavy atom. The number of piperidine rings is 1. The zero-order valence-corrected chi connectivity index (χ0v) is 14.1. The molecule has 1 fully saturated rings. The molecule has 2 aromatic rings. The Morgan fingerprint density at radius 3 is 2.38 bits per heavy atom. The quantitative estimate of drug-likeness (QED) is 0.674. The Kier molecular flexibility index (Phi) is 5.58. The maximum atomic E-state index is 9.66. The van der Waals surface area contributed by atoms with Crippen molar-refractivity contribution in [3.63, 3.8) is 0 Å². The van der Waals surface area contributed by atoms with E-state index in [-0.39, 0.29) is 7.05 Å². The Hall–Kier alpha value is -2.22. The van der Waals surface area contributed by atoms with Gasteiger partial charge in [-0.1, -0.05) is 42.2 Å². The van der Waals surface area contributed by atoms with Crippen LogP contribution in [0.1, 0.15) is 24.0 Å². The highest BCUT2D eigenvalue weighted by Gasteiger charge is 2.23. The van der Waals surface area contributed by atoms with Crippen molar-refractivity contribution < 1.29 is 5.02 Å². The molecule has 1 heterocycles. The van der Waals surface area contributed by atoms with Gasteiger partial charge in [0.25, 0.3) is 0 Å². The maximum Gasteiger partial charge on any atom is 0.376 e. The second kappa shape index (κ2) is 8.05. The lowest BCUT2D eigenvalue weighted by Crippen LogP contribution is -2.45. The van der Waals surface area contributed by atoms with Crippen molar-refractivity contribution >= 4 is 12.7 Å². The molecule has 2 aromatic carbocycles. The molecule has 122 valence electrons. The molecule has 1 saturated heterocycles. The molecule has 0 aliphatic carbocycles. The van der Waals surface area contributed by atoms with Crippen LogP contribution in [0.2, 0.25) is 6.82 Å². The van der Waals surface area contributed by atoms with Crippen molar-refractivity contribution in [2.45, 2.75) is 25.7 Å². The average Bonchev–Trinajstić information content (AvgIpc) is 2.62. The van der Waals surface area contributed by atoms with Crippen LogP contribution in [-0.2, 0) is 0 Å². The van der Waals surface area contributed by atoms with Gasteiger partial charge < -0.3 is 15.2 Å². The fourth-order valence-electron chi connectivity index (χ4n) is 3.02. The topological polar surface area (TPSA) is 35.5 Å². The number of rotatable bonds is 3. The SMILES string of the molecule is CB(O)N1CCC(Nc2ccccc2C#Cc2ccccc2)CC1. The smallest absolute Gasteiger partial charge is 0.376 e. The summed E-state index contributed by atoms with van der Waals surface area (Å²) in [5.41, 5.74) is 3.15. The third-order valence-corrected chi connectivity index (χ3v) is 4.46. The van der Waals surface area contributed by atoms with Gasteiger partial charge in [-0.2, -0.15) is 0 Å². The van der Waals surface area contributed by atoms with Gasteiger partial charge in [-0.3, -0.25) is 0 Å². The Morgan fingerprint density at radius 1 is 1.00 bits per heavy atom. The highest BCUT2D eigenvalue weighted by atomic mass is 16.2. The van der Waals surface area contributed by atoms with Gasteiger partial charge in [-0.05, 0) is 57.0 Å². The van der Waals surface area contributed by atoms with E-state index >= 15 is 0 Å². The van der Waals surface area contributed by atoms with Crippen molar-refractivity contribution in [1.29, 1.82) is 0 Å². The number of hydrogen-bond donors (Lipinski definition) is 2. The van der Waals surface area contributed by atoms with E-state index in [0.29, 0.717) is 6.04 Å². The first-order valence-corrected chi connectivity index (χ1v) is 8.57. The fourth-order valence-corrected chi connectivity index (χ4v) is 3.02. The largest absolute Gasteiger partial charge is 0.437 e. The monoisotopic (exact) mass is 318 g/mol. The molecule has 1 aliphatic rings. The van der Waals surface area contributed by atoms with E-state index in [4.69, 9.17) is 0 Å². The van der Waals surface area contributed by atoms with Crippen molar-refractivity contribution in [1.82, 2.24) is 4.81 Å². The van der Waals surface area contributed by atoms with Gasteiger partial charge in [0.05, 0.1) is 5.69 Å². The molecule has 1 aliphatic heterocycles. The molecule has 0 spiro atoms. The zero-order valence-electron chi connectivity index (χ0n) is 14.1. The summed E-state index contributed by atoms with van der Waals surface area (Å²) in [4.78, 5) is 2.11. The average molecular weight is 318 g/mol. The highest BCUT2D eigenvalue weighted by Crippen LogP contribution is 2.20. The van der Waals surface area contributed by atoms with Gasteiger partial charge in [0, 0.05) is 17.2 Å². The van der Waals surface area contributed by atoms with Crippen LogP contribution in [0.3, 0.4) is 0 Å². The number of nitrogens with zero attached hydrogens (tertiary/aromatic N) is 1. The van der Waals surface area contributed by atoms with E-state index in [1.165, 1.54) is 0 Å². The molecule has 0 aromatic heterocycles. The number of nitrogens with one attached hydrogen (secondary N) is 1. The molecular weight excluding hydrogens is 295 g/mol. The lowest BCUT2D eigenvalue weighted by atomic mass is 9.82. The molecular formula is C20H23BN2O. The maximum absolute atomic E-state index is 9.66. The summed E-state index contributed by atoms with van der Waals surface area (Å²) in [5.74, 6) is 6.51. The summed E-state index contributed by atoms with van der Waals surface area (Å²) in [5, 5.41) is 13.3. The van der Waals surface area contributed by atoms with Crippen LogP contribution in [0.4, 0.5) is 5.69 Å². The number of anilines is 1. The van der Waals surface area contributed by atoms with Gasteiger partial charge in [0.2, 0.25) is 0 Å².